The van der Waals surface area contributed by atoms with Crippen LogP contribution in [0.15, 0.2) is 42.7 Å². The Balaban J connectivity index is 1.57. The van der Waals surface area contributed by atoms with E-state index in [0.717, 1.165) is 0 Å². The number of aromatic nitrogens is 4. The largest absolute Gasteiger partial charge is 0.384 e. The minimum absolute atomic E-state index is 0.203. The fourth-order valence-electron chi connectivity index (χ4n) is 3.96. The lowest BCUT2D eigenvalue weighted by atomic mass is 9.92. The first-order valence-electron chi connectivity index (χ1n) is 10.4. The molecule has 0 radical (unpaired) electrons. The lowest BCUT2D eigenvalue weighted by Crippen LogP contribution is -2.45. The lowest BCUT2D eigenvalue weighted by molar-refractivity contribution is 0.262. The normalized spacial score (nSPS) is 15.7. The number of urea groups is 1. The standard InChI is InChI=1S/C21H26N8O3S/c1-29-13-16(12-24-29)26-20(30)25-15-5-3-14(4-6-15)19-27-17(11-18(22)28-19)21(33(2,31)32)7-9-23-10-8-21/h3-6,11-13,23H,7-10H2,1-2H3,(H2,22,27,28)(H2,25,26,30). The Morgan fingerprint density at radius 1 is 1.12 bits per heavy atom. The number of nitrogens with one attached hydrogen (secondary N) is 3. The molecule has 0 atom stereocenters. The molecule has 0 aliphatic carbocycles. The van der Waals surface area contributed by atoms with E-state index in [9.17, 15) is 13.2 Å². The molecule has 0 bridgehead atoms. The van der Waals surface area contributed by atoms with E-state index in [1.807, 2.05) is 0 Å². The first kappa shape index (κ1) is 22.7. The van der Waals surface area contributed by atoms with Gasteiger partial charge in [-0.15, -0.1) is 0 Å². The summed E-state index contributed by atoms with van der Waals surface area (Å²) in [6, 6.07) is 8.05. The molecule has 4 rings (SSSR count). The van der Waals surface area contributed by atoms with Crippen LogP contribution < -0.4 is 21.7 Å². The second-order valence-electron chi connectivity index (χ2n) is 8.08. The topological polar surface area (TPSA) is 157 Å². The van der Waals surface area contributed by atoms with Gasteiger partial charge < -0.3 is 21.7 Å². The van der Waals surface area contributed by atoms with E-state index in [1.54, 1.807) is 54.5 Å². The van der Waals surface area contributed by atoms with Gasteiger partial charge in [0, 0.05) is 36.8 Å². The predicted molar refractivity (Wildman–Crippen MR) is 126 cm³/mol. The lowest BCUT2D eigenvalue weighted by Gasteiger charge is -2.35. The molecule has 0 spiro atoms. The summed E-state index contributed by atoms with van der Waals surface area (Å²) in [5.74, 6) is 0.535. The highest BCUT2D eigenvalue weighted by Crippen LogP contribution is 2.38. The number of aryl methyl sites for hydroxylation is 1. The number of hydrogen-bond acceptors (Lipinski definition) is 8. The number of piperidine rings is 1. The van der Waals surface area contributed by atoms with Gasteiger partial charge in [-0.1, -0.05) is 0 Å². The van der Waals surface area contributed by atoms with E-state index in [1.165, 1.54) is 6.26 Å². The monoisotopic (exact) mass is 470 g/mol. The number of anilines is 3. The molecule has 12 heteroatoms. The molecule has 5 N–H and O–H groups in total. The quantitative estimate of drug-likeness (QED) is 0.439. The summed E-state index contributed by atoms with van der Waals surface area (Å²) < 4.78 is 26.0. The number of nitrogens with zero attached hydrogens (tertiary/aromatic N) is 4. The van der Waals surface area contributed by atoms with Crippen LogP contribution in [-0.2, 0) is 21.6 Å². The van der Waals surface area contributed by atoms with Gasteiger partial charge in [-0.05, 0) is 50.2 Å². The molecule has 3 heterocycles. The zero-order valence-corrected chi connectivity index (χ0v) is 19.2. The second-order valence-corrected chi connectivity index (χ2v) is 10.4. The smallest absolute Gasteiger partial charge is 0.323 e. The van der Waals surface area contributed by atoms with Crippen LogP contribution in [0.25, 0.3) is 11.4 Å². The molecule has 1 saturated heterocycles. The average molecular weight is 471 g/mol. The van der Waals surface area contributed by atoms with Crippen molar-refractivity contribution < 1.29 is 13.2 Å². The fraction of sp³-hybridized carbons (Fsp3) is 0.333. The van der Waals surface area contributed by atoms with E-state index in [-0.39, 0.29) is 5.82 Å². The average Bonchev–Trinajstić information content (AvgIpc) is 3.18. The van der Waals surface area contributed by atoms with Crippen LogP contribution >= 0.6 is 0 Å². The molecule has 2 aromatic heterocycles. The van der Waals surface area contributed by atoms with E-state index in [0.29, 0.717) is 54.4 Å². The van der Waals surface area contributed by atoms with Crippen molar-refractivity contribution in [3.05, 3.63) is 48.4 Å². The molecule has 0 unspecified atom stereocenters. The van der Waals surface area contributed by atoms with Crippen LogP contribution in [0.1, 0.15) is 18.5 Å². The maximum absolute atomic E-state index is 12.8. The first-order valence-corrected chi connectivity index (χ1v) is 12.3. The molecular weight excluding hydrogens is 444 g/mol. The second kappa shape index (κ2) is 8.79. The number of sulfone groups is 1. The van der Waals surface area contributed by atoms with Crippen molar-refractivity contribution >= 4 is 33.1 Å². The molecule has 174 valence electrons. The number of rotatable bonds is 5. The van der Waals surface area contributed by atoms with Gasteiger partial charge in [0.1, 0.15) is 10.6 Å². The van der Waals surface area contributed by atoms with E-state index in [2.05, 4.69) is 31.0 Å². The van der Waals surface area contributed by atoms with Gasteiger partial charge in [-0.2, -0.15) is 5.10 Å². The highest BCUT2D eigenvalue weighted by molar-refractivity contribution is 7.91. The molecule has 1 aromatic carbocycles. The Bertz CT molecular complexity index is 1260. The Hall–Kier alpha value is -3.51. The van der Waals surface area contributed by atoms with Crippen LogP contribution in [0, 0.1) is 0 Å². The van der Waals surface area contributed by atoms with Gasteiger partial charge in [0.25, 0.3) is 0 Å². The summed E-state index contributed by atoms with van der Waals surface area (Å²) >= 11 is 0. The van der Waals surface area contributed by atoms with Gasteiger partial charge in [0.2, 0.25) is 0 Å². The molecule has 1 fully saturated rings. The SMILES string of the molecule is Cn1cc(NC(=O)Nc2ccc(-c3nc(N)cc(C4(S(C)(=O)=O)CCNCC4)n3)cc2)cn1. The summed E-state index contributed by atoms with van der Waals surface area (Å²) in [7, 11) is -1.69. The third-order valence-electron chi connectivity index (χ3n) is 5.70. The van der Waals surface area contributed by atoms with Crippen molar-refractivity contribution in [3.8, 4) is 11.4 Å². The molecule has 11 nitrogen and oxygen atoms in total. The summed E-state index contributed by atoms with van der Waals surface area (Å²) in [6.07, 6.45) is 5.30. The van der Waals surface area contributed by atoms with Crippen molar-refractivity contribution in [1.29, 1.82) is 0 Å². The maximum Gasteiger partial charge on any atom is 0.323 e. The van der Waals surface area contributed by atoms with E-state index >= 15 is 0 Å². The third-order valence-corrected chi connectivity index (χ3v) is 7.73. The molecule has 33 heavy (non-hydrogen) atoms. The van der Waals surface area contributed by atoms with E-state index in [4.69, 9.17) is 5.73 Å². The third kappa shape index (κ3) is 4.81. The summed E-state index contributed by atoms with van der Waals surface area (Å²) in [6.45, 7) is 1.15. The first-order chi connectivity index (χ1) is 15.7. The van der Waals surface area contributed by atoms with Gasteiger partial charge in [-0.25, -0.2) is 23.2 Å². The number of amides is 2. The highest BCUT2D eigenvalue weighted by atomic mass is 32.2. The van der Waals surface area contributed by atoms with Crippen molar-refractivity contribution in [3.63, 3.8) is 0 Å². The number of hydrogen-bond donors (Lipinski definition) is 4. The van der Waals surface area contributed by atoms with Gasteiger partial charge in [0.15, 0.2) is 15.7 Å². The fourth-order valence-corrected chi connectivity index (χ4v) is 5.39. The number of benzene rings is 1. The van der Waals surface area contributed by atoms with Crippen LogP contribution in [0.4, 0.5) is 22.0 Å². The molecular formula is C21H26N8O3S. The number of carbonyl (C=O) groups excluding carboxylic acids is 1. The Morgan fingerprint density at radius 3 is 2.39 bits per heavy atom. The Labute approximate surface area is 191 Å². The van der Waals surface area contributed by atoms with Crippen LogP contribution in [0.3, 0.4) is 0 Å². The van der Waals surface area contributed by atoms with Crippen molar-refractivity contribution in [2.24, 2.45) is 7.05 Å². The van der Waals surface area contributed by atoms with Crippen LogP contribution in [-0.4, -0.2) is 53.5 Å². The molecule has 1 aliphatic rings. The zero-order valence-electron chi connectivity index (χ0n) is 18.4. The Morgan fingerprint density at radius 2 is 1.79 bits per heavy atom. The minimum Gasteiger partial charge on any atom is -0.384 e. The number of nitrogen functional groups attached to an aromatic ring is 1. The van der Waals surface area contributed by atoms with Gasteiger partial charge in [0.05, 0.1) is 17.6 Å². The Kier molecular flexibility index (Phi) is 6.04. The van der Waals surface area contributed by atoms with Crippen molar-refractivity contribution in [1.82, 2.24) is 25.1 Å². The maximum atomic E-state index is 12.8. The number of nitrogens with two attached hydrogens (primary N) is 1. The summed E-state index contributed by atoms with van der Waals surface area (Å²) in [4.78, 5) is 21.1. The summed E-state index contributed by atoms with van der Waals surface area (Å²) in [5.41, 5.74) is 8.24. The molecule has 1 aliphatic heterocycles. The van der Waals surface area contributed by atoms with Crippen molar-refractivity contribution in [2.75, 3.05) is 35.7 Å². The minimum atomic E-state index is -3.45. The molecule has 2 amide bonds. The molecule has 3 aromatic rings. The summed E-state index contributed by atoms with van der Waals surface area (Å²) in [5, 5.41) is 12.6. The van der Waals surface area contributed by atoms with Crippen molar-refractivity contribution in [2.45, 2.75) is 17.6 Å². The van der Waals surface area contributed by atoms with Crippen LogP contribution in [0.2, 0.25) is 0 Å². The van der Waals surface area contributed by atoms with E-state index < -0.39 is 20.6 Å². The predicted octanol–water partition coefficient (Wildman–Crippen LogP) is 1.73. The van der Waals surface area contributed by atoms with Gasteiger partial charge >= 0.3 is 6.03 Å². The van der Waals surface area contributed by atoms with Gasteiger partial charge in [-0.3, -0.25) is 4.68 Å². The highest BCUT2D eigenvalue weighted by Gasteiger charge is 2.45. The van der Waals surface area contributed by atoms with Crippen LogP contribution in [0.5, 0.6) is 0 Å². The zero-order chi connectivity index (χ0) is 23.6. The number of carbonyl (C=O) groups is 1. The molecule has 0 saturated carbocycles.